The number of nitrogens with zero attached hydrogens (tertiary/aromatic N) is 2. The zero-order chi connectivity index (χ0) is 10.8. The van der Waals surface area contributed by atoms with Crippen LogP contribution in [0.5, 0.6) is 5.88 Å². The van der Waals surface area contributed by atoms with E-state index in [1.165, 1.54) is 12.3 Å². The molecule has 0 aromatic carbocycles. The first-order valence-electron chi connectivity index (χ1n) is 4.01. The zero-order valence-corrected chi connectivity index (χ0v) is 7.41. The van der Waals surface area contributed by atoms with Crippen molar-refractivity contribution >= 4 is 5.97 Å². The summed E-state index contributed by atoms with van der Waals surface area (Å²) < 4.78 is 4.90. The lowest BCUT2D eigenvalue weighted by molar-refractivity contribution is 0.0690. The molecule has 0 atom stereocenters. The van der Waals surface area contributed by atoms with E-state index in [0.717, 1.165) is 6.26 Å². The molecule has 0 radical (unpaired) electrons. The third-order valence-corrected chi connectivity index (χ3v) is 1.74. The zero-order valence-electron chi connectivity index (χ0n) is 7.41. The second kappa shape index (κ2) is 3.41. The number of rotatable bonds is 2. The van der Waals surface area contributed by atoms with Crippen molar-refractivity contribution in [2.45, 2.75) is 0 Å². The number of aromatic hydroxyl groups is 1. The predicted octanol–water partition coefficient (Wildman–Crippen LogP) is 1.14. The summed E-state index contributed by atoms with van der Waals surface area (Å²) >= 11 is 0. The molecule has 2 rings (SSSR count). The fourth-order valence-electron chi connectivity index (χ4n) is 1.06. The van der Waals surface area contributed by atoms with Gasteiger partial charge in [0.15, 0.2) is 5.69 Å². The van der Waals surface area contributed by atoms with E-state index in [-0.39, 0.29) is 23.0 Å². The van der Waals surface area contributed by atoms with Crippen LogP contribution in [0.2, 0.25) is 0 Å². The molecule has 2 aromatic rings. The van der Waals surface area contributed by atoms with Crippen LogP contribution in [0.1, 0.15) is 10.5 Å². The summed E-state index contributed by atoms with van der Waals surface area (Å²) in [6, 6.07) is 3.11. The fourth-order valence-corrected chi connectivity index (χ4v) is 1.06. The van der Waals surface area contributed by atoms with Gasteiger partial charge in [-0.15, -0.1) is 0 Å². The lowest BCUT2D eigenvalue weighted by atomic mass is 10.3. The summed E-state index contributed by atoms with van der Waals surface area (Å²) in [5.74, 6) is -1.41. The second-order valence-electron chi connectivity index (χ2n) is 2.72. The number of carboxylic acids is 1. The van der Waals surface area contributed by atoms with E-state index in [2.05, 4.69) is 9.97 Å². The highest BCUT2D eigenvalue weighted by molar-refractivity contribution is 5.85. The topological polar surface area (TPSA) is 96.5 Å². The minimum atomic E-state index is -1.19. The number of carboxylic acid groups (broad SMARTS) is 1. The molecule has 0 bridgehead atoms. The second-order valence-corrected chi connectivity index (χ2v) is 2.72. The average molecular weight is 206 g/mol. The Hall–Kier alpha value is -2.37. The number of aromatic carboxylic acids is 1. The molecule has 0 amide bonds. The van der Waals surface area contributed by atoms with Crippen molar-refractivity contribution < 1.29 is 19.4 Å². The van der Waals surface area contributed by atoms with Gasteiger partial charge in [0.1, 0.15) is 6.26 Å². The third-order valence-electron chi connectivity index (χ3n) is 1.74. The Balaban J connectivity index is 2.46. The Kier molecular flexibility index (Phi) is 2.09. The highest BCUT2D eigenvalue weighted by Crippen LogP contribution is 2.25. The lowest BCUT2D eigenvalue weighted by Gasteiger charge is -1.96. The Morgan fingerprint density at radius 3 is 2.87 bits per heavy atom. The molecule has 0 aliphatic heterocycles. The van der Waals surface area contributed by atoms with Crippen molar-refractivity contribution in [2.75, 3.05) is 0 Å². The molecular formula is C9H6N2O4. The number of aromatic nitrogens is 2. The molecule has 0 saturated carbocycles. The van der Waals surface area contributed by atoms with Gasteiger partial charge < -0.3 is 14.6 Å². The minimum absolute atomic E-state index is 0.0259. The first kappa shape index (κ1) is 9.20. The van der Waals surface area contributed by atoms with Crippen LogP contribution in [0.15, 0.2) is 29.0 Å². The van der Waals surface area contributed by atoms with E-state index in [1.54, 1.807) is 6.07 Å². The van der Waals surface area contributed by atoms with Crippen LogP contribution in [-0.4, -0.2) is 26.2 Å². The Morgan fingerprint density at radius 1 is 1.47 bits per heavy atom. The first-order valence-corrected chi connectivity index (χ1v) is 4.01. The summed E-state index contributed by atoms with van der Waals surface area (Å²) in [5, 5.41) is 18.0. The molecule has 0 unspecified atom stereocenters. The quantitative estimate of drug-likeness (QED) is 0.764. The van der Waals surface area contributed by atoms with Gasteiger partial charge in [0.25, 0.3) is 0 Å². The minimum Gasteiger partial charge on any atom is -0.493 e. The van der Waals surface area contributed by atoms with Gasteiger partial charge in [-0.05, 0) is 12.1 Å². The molecule has 15 heavy (non-hydrogen) atoms. The normalized spacial score (nSPS) is 10.1. The van der Waals surface area contributed by atoms with Crippen LogP contribution in [0.3, 0.4) is 0 Å². The molecule has 6 nitrogen and oxygen atoms in total. The molecule has 0 aliphatic rings. The van der Waals surface area contributed by atoms with Crippen LogP contribution in [0.4, 0.5) is 0 Å². The van der Waals surface area contributed by atoms with Crippen molar-refractivity contribution in [3.8, 4) is 17.3 Å². The summed E-state index contributed by atoms with van der Waals surface area (Å²) in [6.07, 6.45) is 2.41. The number of pyridine rings is 1. The molecule has 0 saturated heterocycles. The van der Waals surface area contributed by atoms with Crippen LogP contribution in [0.25, 0.3) is 11.5 Å². The van der Waals surface area contributed by atoms with Crippen LogP contribution >= 0.6 is 0 Å². The standard InChI is InChI=1S/C9H6N2O4/c12-7-5(2-1-3-10-7)8-11-6(4-15-8)9(13)14/h1-4H,(H,10,12)(H,13,14). The van der Waals surface area contributed by atoms with E-state index in [9.17, 15) is 9.90 Å². The maximum absolute atomic E-state index is 10.5. The monoisotopic (exact) mass is 206 g/mol. The molecule has 0 spiro atoms. The van der Waals surface area contributed by atoms with Crippen LogP contribution in [-0.2, 0) is 0 Å². The summed E-state index contributed by atoms with van der Waals surface area (Å²) in [4.78, 5) is 17.8. The summed E-state index contributed by atoms with van der Waals surface area (Å²) in [7, 11) is 0. The van der Waals surface area contributed by atoms with Crippen molar-refractivity contribution in [3.63, 3.8) is 0 Å². The van der Waals surface area contributed by atoms with Crippen molar-refractivity contribution in [2.24, 2.45) is 0 Å². The van der Waals surface area contributed by atoms with Crippen molar-refractivity contribution in [1.82, 2.24) is 9.97 Å². The molecule has 2 aromatic heterocycles. The summed E-state index contributed by atoms with van der Waals surface area (Å²) in [5.41, 5.74) is 0.0400. The largest absolute Gasteiger partial charge is 0.493 e. The lowest BCUT2D eigenvalue weighted by Crippen LogP contribution is -1.95. The van der Waals surface area contributed by atoms with Crippen LogP contribution in [0, 0.1) is 0 Å². The number of oxazole rings is 1. The number of hydrogen-bond donors (Lipinski definition) is 2. The molecule has 0 aliphatic carbocycles. The van der Waals surface area contributed by atoms with Gasteiger partial charge >= 0.3 is 5.97 Å². The van der Waals surface area contributed by atoms with Crippen molar-refractivity contribution in [3.05, 3.63) is 30.3 Å². The number of carbonyl (C=O) groups is 1. The van der Waals surface area contributed by atoms with Gasteiger partial charge in [0.05, 0.1) is 5.56 Å². The van der Waals surface area contributed by atoms with E-state index >= 15 is 0 Å². The van der Waals surface area contributed by atoms with E-state index in [1.807, 2.05) is 0 Å². The Morgan fingerprint density at radius 2 is 2.27 bits per heavy atom. The van der Waals surface area contributed by atoms with E-state index in [0.29, 0.717) is 0 Å². The SMILES string of the molecule is O=C(O)c1coc(-c2cccnc2O)n1. The van der Waals surface area contributed by atoms with Gasteiger partial charge in [-0.2, -0.15) is 0 Å². The highest BCUT2D eigenvalue weighted by Gasteiger charge is 2.14. The van der Waals surface area contributed by atoms with E-state index < -0.39 is 5.97 Å². The Bertz CT molecular complexity index is 506. The molecular weight excluding hydrogens is 200 g/mol. The number of hydrogen-bond acceptors (Lipinski definition) is 5. The highest BCUT2D eigenvalue weighted by atomic mass is 16.4. The van der Waals surface area contributed by atoms with Gasteiger partial charge in [-0.25, -0.2) is 14.8 Å². The van der Waals surface area contributed by atoms with Crippen LogP contribution < -0.4 is 0 Å². The molecule has 0 fully saturated rings. The fraction of sp³-hybridized carbons (Fsp3) is 0. The smallest absolute Gasteiger partial charge is 0.357 e. The van der Waals surface area contributed by atoms with Gasteiger partial charge in [-0.3, -0.25) is 0 Å². The maximum atomic E-state index is 10.5. The Labute approximate surface area is 83.8 Å². The molecule has 2 heterocycles. The van der Waals surface area contributed by atoms with Crippen molar-refractivity contribution in [1.29, 1.82) is 0 Å². The van der Waals surface area contributed by atoms with Gasteiger partial charge in [0, 0.05) is 6.20 Å². The van der Waals surface area contributed by atoms with Gasteiger partial charge in [0.2, 0.25) is 11.8 Å². The van der Waals surface area contributed by atoms with E-state index in [4.69, 9.17) is 9.52 Å². The van der Waals surface area contributed by atoms with Gasteiger partial charge in [-0.1, -0.05) is 0 Å². The molecule has 76 valence electrons. The predicted molar refractivity (Wildman–Crippen MR) is 48.4 cm³/mol. The maximum Gasteiger partial charge on any atom is 0.357 e. The molecule has 2 N–H and O–H groups in total. The average Bonchev–Trinajstić information content (AvgIpc) is 2.67. The third kappa shape index (κ3) is 1.64. The summed E-state index contributed by atoms with van der Waals surface area (Å²) in [6.45, 7) is 0. The first-order chi connectivity index (χ1) is 7.18. The molecule has 6 heteroatoms.